The highest BCUT2D eigenvalue weighted by Gasteiger charge is 1.99. The molecule has 0 spiro atoms. The van der Waals surface area contributed by atoms with E-state index in [9.17, 15) is 0 Å². The van der Waals surface area contributed by atoms with Crippen LogP contribution in [0.1, 0.15) is 18.3 Å². The van der Waals surface area contributed by atoms with Gasteiger partial charge in [-0.25, -0.2) is 5.43 Å². The van der Waals surface area contributed by atoms with E-state index < -0.39 is 0 Å². The number of aromatic amines is 1. The molecule has 0 aliphatic carbocycles. The van der Waals surface area contributed by atoms with Crippen molar-refractivity contribution in [2.75, 3.05) is 5.43 Å². The number of aryl methyl sites for hydroxylation is 1. The van der Waals surface area contributed by atoms with Crippen molar-refractivity contribution in [3.05, 3.63) is 41.7 Å². The van der Waals surface area contributed by atoms with Crippen LogP contribution in [0.2, 0.25) is 0 Å². The fourth-order valence-electron chi connectivity index (χ4n) is 1.33. The summed E-state index contributed by atoms with van der Waals surface area (Å²) < 4.78 is 0. The highest BCUT2D eigenvalue weighted by atomic mass is 15.4. The molecule has 0 unspecified atom stereocenters. The topological polar surface area (TPSA) is 65.6 Å². The SMILES string of the molecule is CCc1nc(NNCc2ccccc2)n[nH]1. The minimum atomic E-state index is 0.577. The van der Waals surface area contributed by atoms with E-state index in [1.165, 1.54) is 5.56 Å². The highest BCUT2D eigenvalue weighted by Crippen LogP contribution is 1.99. The first-order chi connectivity index (χ1) is 7.88. The summed E-state index contributed by atoms with van der Waals surface area (Å²) in [7, 11) is 0. The van der Waals surface area contributed by atoms with E-state index in [1.807, 2.05) is 25.1 Å². The zero-order valence-corrected chi connectivity index (χ0v) is 9.20. The molecule has 3 N–H and O–H groups in total. The summed E-state index contributed by atoms with van der Waals surface area (Å²) in [6, 6.07) is 10.1. The van der Waals surface area contributed by atoms with Gasteiger partial charge in [-0.2, -0.15) is 4.98 Å². The minimum Gasteiger partial charge on any atom is -0.288 e. The van der Waals surface area contributed by atoms with Gasteiger partial charge >= 0.3 is 0 Å². The molecule has 1 aromatic heterocycles. The molecule has 2 rings (SSSR count). The Morgan fingerprint density at radius 1 is 1.25 bits per heavy atom. The summed E-state index contributed by atoms with van der Waals surface area (Å²) in [6.45, 7) is 2.76. The lowest BCUT2D eigenvalue weighted by Gasteiger charge is -2.03. The van der Waals surface area contributed by atoms with Crippen LogP contribution in [0, 0.1) is 0 Å². The molecule has 5 nitrogen and oxygen atoms in total. The van der Waals surface area contributed by atoms with Crippen LogP contribution < -0.4 is 10.9 Å². The van der Waals surface area contributed by atoms with Crippen LogP contribution in [0.4, 0.5) is 5.95 Å². The minimum absolute atomic E-state index is 0.577. The number of hydrogen-bond acceptors (Lipinski definition) is 4. The fourth-order valence-corrected chi connectivity index (χ4v) is 1.33. The monoisotopic (exact) mass is 217 g/mol. The molecule has 0 aliphatic heterocycles. The summed E-state index contributed by atoms with van der Waals surface area (Å²) in [5, 5.41) is 6.85. The van der Waals surface area contributed by atoms with Crippen molar-refractivity contribution in [3.8, 4) is 0 Å². The van der Waals surface area contributed by atoms with Crippen molar-refractivity contribution in [1.29, 1.82) is 0 Å². The predicted molar refractivity (Wildman–Crippen MR) is 62.7 cm³/mol. The Morgan fingerprint density at radius 3 is 2.75 bits per heavy atom. The number of H-pyrrole nitrogens is 1. The van der Waals surface area contributed by atoms with Crippen molar-refractivity contribution in [2.45, 2.75) is 19.9 Å². The molecule has 0 fully saturated rings. The van der Waals surface area contributed by atoms with E-state index in [0.717, 1.165) is 18.8 Å². The summed E-state index contributed by atoms with van der Waals surface area (Å²) in [4.78, 5) is 4.22. The van der Waals surface area contributed by atoms with Gasteiger partial charge in [0, 0.05) is 13.0 Å². The Labute approximate surface area is 94.3 Å². The third kappa shape index (κ3) is 2.80. The number of hydrazine groups is 1. The average molecular weight is 217 g/mol. The number of aromatic nitrogens is 3. The number of benzene rings is 1. The lowest BCUT2D eigenvalue weighted by molar-refractivity contribution is 0.787. The molecule has 0 bridgehead atoms. The Balaban J connectivity index is 1.80. The fraction of sp³-hybridized carbons (Fsp3) is 0.273. The smallest absolute Gasteiger partial charge is 0.256 e. The third-order valence-corrected chi connectivity index (χ3v) is 2.20. The van der Waals surface area contributed by atoms with Gasteiger partial charge in [-0.3, -0.25) is 10.5 Å². The van der Waals surface area contributed by atoms with Crippen LogP contribution in [0.5, 0.6) is 0 Å². The Hall–Kier alpha value is -1.88. The van der Waals surface area contributed by atoms with Crippen LogP contribution in [-0.2, 0) is 13.0 Å². The lowest BCUT2D eigenvalue weighted by Crippen LogP contribution is -2.21. The molecular formula is C11H15N5. The van der Waals surface area contributed by atoms with Crippen LogP contribution >= 0.6 is 0 Å². The van der Waals surface area contributed by atoms with E-state index >= 15 is 0 Å². The van der Waals surface area contributed by atoms with E-state index in [0.29, 0.717) is 5.95 Å². The van der Waals surface area contributed by atoms with Crippen molar-refractivity contribution >= 4 is 5.95 Å². The molecule has 1 aromatic carbocycles. The molecule has 0 atom stereocenters. The number of nitrogens with one attached hydrogen (secondary N) is 3. The van der Waals surface area contributed by atoms with Gasteiger partial charge in [-0.05, 0) is 5.56 Å². The van der Waals surface area contributed by atoms with Crippen LogP contribution in [0.25, 0.3) is 0 Å². The molecule has 84 valence electrons. The maximum Gasteiger partial charge on any atom is 0.256 e. The summed E-state index contributed by atoms with van der Waals surface area (Å²) >= 11 is 0. The van der Waals surface area contributed by atoms with Crippen molar-refractivity contribution in [1.82, 2.24) is 20.6 Å². The van der Waals surface area contributed by atoms with Gasteiger partial charge in [0.25, 0.3) is 5.95 Å². The molecule has 0 amide bonds. The highest BCUT2D eigenvalue weighted by molar-refractivity contribution is 5.21. The maximum absolute atomic E-state index is 4.22. The standard InChI is InChI=1S/C11H15N5/c1-2-10-13-11(16-14-10)15-12-8-9-6-4-3-5-7-9/h3-7,12H,2,8H2,1H3,(H2,13,14,15,16). The van der Waals surface area contributed by atoms with Crippen LogP contribution in [-0.4, -0.2) is 15.2 Å². The van der Waals surface area contributed by atoms with Gasteiger partial charge in [-0.1, -0.05) is 37.3 Å². The number of hydrogen-bond donors (Lipinski definition) is 3. The molecule has 2 aromatic rings. The Kier molecular flexibility index (Phi) is 3.50. The summed E-state index contributed by atoms with van der Waals surface area (Å²) in [5.41, 5.74) is 7.21. The molecular weight excluding hydrogens is 202 g/mol. The van der Waals surface area contributed by atoms with Gasteiger partial charge in [-0.15, -0.1) is 5.10 Å². The van der Waals surface area contributed by atoms with Gasteiger partial charge in [0.1, 0.15) is 5.82 Å². The normalized spacial score (nSPS) is 10.3. The summed E-state index contributed by atoms with van der Waals surface area (Å²) in [6.07, 6.45) is 0.855. The Bertz CT molecular complexity index is 423. The zero-order chi connectivity index (χ0) is 11.2. The molecule has 1 heterocycles. The molecule has 16 heavy (non-hydrogen) atoms. The molecule has 0 aliphatic rings. The van der Waals surface area contributed by atoms with Crippen molar-refractivity contribution in [2.24, 2.45) is 0 Å². The van der Waals surface area contributed by atoms with Crippen molar-refractivity contribution < 1.29 is 0 Å². The second-order valence-corrected chi connectivity index (χ2v) is 3.42. The first kappa shape index (κ1) is 10.6. The predicted octanol–water partition coefficient (Wildman–Crippen LogP) is 1.48. The number of rotatable bonds is 5. The largest absolute Gasteiger partial charge is 0.288 e. The van der Waals surface area contributed by atoms with E-state index in [2.05, 4.69) is 38.2 Å². The van der Waals surface area contributed by atoms with Gasteiger partial charge in [0.15, 0.2) is 0 Å². The second kappa shape index (κ2) is 5.27. The lowest BCUT2D eigenvalue weighted by atomic mass is 10.2. The third-order valence-electron chi connectivity index (χ3n) is 2.20. The van der Waals surface area contributed by atoms with Crippen LogP contribution in [0.3, 0.4) is 0 Å². The molecule has 5 heteroatoms. The first-order valence-corrected chi connectivity index (χ1v) is 5.32. The van der Waals surface area contributed by atoms with Gasteiger partial charge in [0.2, 0.25) is 0 Å². The zero-order valence-electron chi connectivity index (χ0n) is 9.20. The van der Waals surface area contributed by atoms with Gasteiger partial charge < -0.3 is 0 Å². The molecule has 0 radical (unpaired) electrons. The molecule has 0 saturated carbocycles. The maximum atomic E-state index is 4.22. The Morgan fingerprint density at radius 2 is 2.06 bits per heavy atom. The number of nitrogens with zero attached hydrogens (tertiary/aromatic N) is 2. The van der Waals surface area contributed by atoms with E-state index in [1.54, 1.807) is 0 Å². The first-order valence-electron chi connectivity index (χ1n) is 5.32. The number of anilines is 1. The second-order valence-electron chi connectivity index (χ2n) is 3.42. The average Bonchev–Trinajstić information content (AvgIpc) is 2.78. The van der Waals surface area contributed by atoms with Gasteiger partial charge in [0.05, 0.1) is 0 Å². The molecule has 0 saturated heterocycles. The van der Waals surface area contributed by atoms with Crippen molar-refractivity contribution in [3.63, 3.8) is 0 Å². The van der Waals surface area contributed by atoms with Crippen LogP contribution in [0.15, 0.2) is 30.3 Å². The van der Waals surface area contributed by atoms with E-state index in [-0.39, 0.29) is 0 Å². The van der Waals surface area contributed by atoms with E-state index in [4.69, 9.17) is 0 Å². The quantitative estimate of drug-likeness (QED) is 0.664. The summed E-state index contributed by atoms with van der Waals surface area (Å²) in [5.74, 6) is 1.46.